The Morgan fingerprint density at radius 3 is 1.81 bits per heavy atom. The Bertz CT molecular complexity index is 1480. The van der Waals surface area contributed by atoms with Crippen LogP contribution in [0, 0.1) is 0 Å². The Kier molecular flexibility index (Phi) is 3.35. The third-order valence-electron chi connectivity index (χ3n) is 5.67. The molecule has 0 radical (unpaired) electrons. The molecule has 0 saturated heterocycles. The minimum absolute atomic E-state index is 1.18. The van der Waals surface area contributed by atoms with E-state index in [9.17, 15) is 0 Å². The van der Waals surface area contributed by atoms with Gasteiger partial charge in [0.05, 0.1) is 0 Å². The highest BCUT2D eigenvalue weighted by molar-refractivity contribution is 7.19. The van der Waals surface area contributed by atoms with Crippen LogP contribution in [0.5, 0.6) is 0 Å². The Morgan fingerprint density at radius 1 is 0.593 bits per heavy atom. The fraction of sp³-hybridized carbons (Fsp3) is 0.120. The highest BCUT2D eigenvalue weighted by Crippen LogP contribution is 2.39. The van der Waals surface area contributed by atoms with Crippen molar-refractivity contribution >= 4 is 75.2 Å². The zero-order valence-corrected chi connectivity index (χ0v) is 16.7. The predicted molar refractivity (Wildman–Crippen MR) is 124 cm³/mol. The van der Waals surface area contributed by atoms with E-state index in [-0.39, 0.29) is 0 Å². The molecule has 0 aliphatic rings. The maximum Gasteiger partial charge on any atom is 0.0352 e. The fourth-order valence-corrected chi connectivity index (χ4v) is 6.42. The summed E-state index contributed by atoms with van der Waals surface area (Å²) in [5, 5.41) is 13.2. The molecule has 0 fully saturated rings. The van der Waals surface area contributed by atoms with Gasteiger partial charge in [-0.3, -0.25) is 0 Å². The highest BCUT2D eigenvalue weighted by atomic mass is 32.1. The first-order chi connectivity index (χ1) is 13.3. The number of aryl methyl sites for hydroxylation is 1. The molecule has 0 nitrogen and oxygen atoms in total. The fourth-order valence-electron chi connectivity index (χ4n) is 4.43. The number of fused-ring (bicyclic) bond motifs is 9. The molecule has 0 N–H and O–H groups in total. The van der Waals surface area contributed by atoms with E-state index in [1.165, 1.54) is 70.2 Å². The Morgan fingerprint density at radius 2 is 1.15 bits per heavy atom. The molecule has 0 bridgehead atoms. The molecule has 2 heteroatoms. The van der Waals surface area contributed by atoms with E-state index in [1.807, 2.05) is 22.7 Å². The van der Waals surface area contributed by atoms with Gasteiger partial charge in [0.15, 0.2) is 0 Å². The summed E-state index contributed by atoms with van der Waals surface area (Å²) in [4.78, 5) is 1.50. The zero-order valence-electron chi connectivity index (χ0n) is 15.1. The lowest BCUT2D eigenvalue weighted by Crippen LogP contribution is -1.81. The lowest BCUT2D eigenvalue weighted by molar-refractivity contribution is 0.941. The van der Waals surface area contributed by atoms with E-state index in [2.05, 4.69) is 73.0 Å². The van der Waals surface area contributed by atoms with Gasteiger partial charge in [-0.15, -0.1) is 22.7 Å². The van der Waals surface area contributed by atoms with Gasteiger partial charge >= 0.3 is 0 Å². The minimum atomic E-state index is 1.18. The van der Waals surface area contributed by atoms with Gasteiger partial charge in [0.1, 0.15) is 0 Å². The quantitative estimate of drug-likeness (QED) is 0.263. The summed E-state index contributed by atoms with van der Waals surface area (Å²) in [6, 6.07) is 23.2. The Hall–Kier alpha value is -2.42. The molecule has 0 saturated carbocycles. The largest absolute Gasteiger partial charge is 0.144 e. The summed E-state index contributed by atoms with van der Waals surface area (Å²) in [5.74, 6) is 0. The van der Waals surface area contributed by atoms with Crippen LogP contribution in [0.4, 0.5) is 0 Å². The number of rotatable bonds is 2. The molecule has 2 aromatic heterocycles. The second-order valence-corrected chi connectivity index (χ2v) is 9.37. The van der Waals surface area contributed by atoms with Crippen molar-refractivity contribution in [3.8, 4) is 0 Å². The first-order valence-electron chi connectivity index (χ1n) is 9.50. The van der Waals surface area contributed by atoms with Gasteiger partial charge < -0.3 is 0 Å². The molecule has 27 heavy (non-hydrogen) atoms. The monoisotopic (exact) mass is 382 g/mol. The summed E-state index contributed by atoms with van der Waals surface area (Å²) in [6.45, 7) is 2.26. The van der Waals surface area contributed by atoms with Crippen molar-refractivity contribution in [2.45, 2.75) is 19.8 Å². The van der Waals surface area contributed by atoms with Crippen molar-refractivity contribution in [1.29, 1.82) is 0 Å². The molecule has 130 valence electrons. The molecule has 0 unspecified atom stereocenters. The first-order valence-corrected chi connectivity index (χ1v) is 11.2. The lowest BCUT2D eigenvalue weighted by atomic mass is 9.95. The van der Waals surface area contributed by atoms with Crippen LogP contribution in [0.25, 0.3) is 52.5 Å². The number of benzene rings is 4. The molecule has 6 aromatic rings. The smallest absolute Gasteiger partial charge is 0.0352 e. The van der Waals surface area contributed by atoms with Gasteiger partial charge in [-0.2, -0.15) is 0 Å². The van der Waals surface area contributed by atoms with Crippen molar-refractivity contribution in [1.82, 2.24) is 0 Å². The van der Waals surface area contributed by atoms with Crippen LogP contribution in [-0.4, -0.2) is 0 Å². The van der Waals surface area contributed by atoms with Crippen molar-refractivity contribution in [3.05, 3.63) is 70.9 Å². The van der Waals surface area contributed by atoms with E-state index in [1.54, 1.807) is 0 Å². The van der Waals surface area contributed by atoms with E-state index in [0.29, 0.717) is 0 Å². The third-order valence-corrected chi connectivity index (χ3v) is 7.71. The second-order valence-electron chi connectivity index (χ2n) is 7.25. The van der Waals surface area contributed by atoms with Crippen molar-refractivity contribution in [2.24, 2.45) is 0 Å². The van der Waals surface area contributed by atoms with Gasteiger partial charge in [-0.1, -0.05) is 49.7 Å². The topological polar surface area (TPSA) is 0 Å². The van der Waals surface area contributed by atoms with Gasteiger partial charge in [-0.05, 0) is 68.4 Å². The molecule has 0 spiro atoms. The van der Waals surface area contributed by atoms with Crippen LogP contribution in [0.15, 0.2) is 66.0 Å². The molecule has 2 heterocycles. The minimum Gasteiger partial charge on any atom is -0.144 e. The lowest BCUT2D eigenvalue weighted by Gasteiger charge is -2.09. The summed E-state index contributed by atoms with van der Waals surface area (Å²) in [7, 11) is 0. The van der Waals surface area contributed by atoms with Gasteiger partial charge in [0, 0.05) is 25.0 Å². The van der Waals surface area contributed by atoms with E-state index < -0.39 is 0 Å². The van der Waals surface area contributed by atoms with Crippen LogP contribution >= 0.6 is 22.7 Å². The summed E-state index contributed by atoms with van der Waals surface area (Å²) in [6.07, 6.45) is 2.38. The summed E-state index contributed by atoms with van der Waals surface area (Å²) in [5.41, 5.74) is 0. The maximum atomic E-state index is 2.41. The maximum absolute atomic E-state index is 2.41. The molecular weight excluding hydrogens is 364 g/mol. The molecule has 4 aromatic carbocycles. The van der Waals surface area contributed by atoms with Crippen molar-refractivity contribution in [2.75, 3.05) is 0 Å². The third kappa shape index (κ3) is 2.20. The average Bonchev–Trinajstić information content (AvgIpc) is 3.33. The average molecular weight is 383 g/mol. The van der Waals surface area contributed by atoms with Crippen LogP contribution in [0.2, 0.25) is 0 Å². The van der Waals surface area contributed by atoms with E-state index in [0.717, 1.165) is 0 Å². The number of thiophene rings is 2. The van der Waals surface area contributed by atoms with Crippen LogP contribution in [0.3, 0.4) is 0 Å². The van der Waals surface area contributed by atoms with Gasteiger partial charge in [0.2, 0.25) is 0 Å². The summed E-state index contributed by atoms with van der Waals surface area (Å²) < 4.78 is 2.78. The van der Waals surface area contributed by atoms with Crippen LogP contribution in [-0.2, 0) is 6.42 Å². The molecule has 0 aliphatic heterocycles. The number of hydrogen-bond donors (Lipinski definition) is 0. The van der Waals surface area contributed by atoms with E-state index in [4.69, 9.17) is 0 Å². The second kappa shape index (κ2) is 5.79. The van der Waals surface area contributed by atoms with Crippen LogP contribution in [0.1, 0.15) is 18.2 Å². The molecular formula is C25H18S2. The Labute approximate surface area is 165 Å². The molecule has 6 rings (SSSR count). The zero-order chi connectivity index (χ0) is 18.0. The summed E-state index contributed by atoms with van der Waals surface area (Å²) >= 11 is 3.77. The number of hydrogen-bond acceptors (Lipinski definition) is 2. The Balaban J connectivity index is 1.73. The molecule has 0 amide bonds. The standard InChI is InChI=1S/C25H18S2/c1-2-3-15-14-23-21-7-5-16-17(19(21)9-11-25(23)27-15)4-6-20-18(16)8-10-24-22(20)12-13-26-24/h4-14H,2-3H2,1H3. The van der Waals surface area contributed by atoms with Crippen molar-refractivity contribution in [3.63, 3.8) is 0 Å². The van der Waals surface area contributed by atoms with Crippen LogP contribution < -0.4 is 0 Å². The molecule has 0 aliphatic carbocycles. The van der Waals surface area contributed by atoms with Gasteiger partial charge in [0.25, 0.3) is 0 Å². The van der Waals surface area contributed by atoms with Gasteiger partial charge in [-0.25, -0.2) is 0 Å². The highest BCUT2D eigenvalue weighted by Gasteiger charge is 2.11. The molecule has 0 atom stereocenters. The van der Waals surface area contributed by atoms with E-state index >= 15 is 0 Å². The predicted octanol–water partition coefficient (Wildman–Crippen LogP) is 8.53. The normalized spacial score (nSPS) is 12.2. The van der Waals surface area contributed by atoms with Crippen molar-refractivity contribution < 1.29 is 0 Å². The first kappa shape index (κ1) is 15.6. The SMILES string of the molecule is CCCc1cc2c(ccc3c2ccc2c4ccc5sccc5c4ccc32)s1.